The highest BCUT2D eigenvalue weighted by atomic mass is 79.9. The lowest BCUT2D eigenvalue weighted by atomic mass is 10.1. The van der Waals surface area contributed by atoms with Gasteiger partial charge in [0.15, 0.2) is 0 Å². The van der Waals surface area contributed by atoms with Crippen molar-refractivity contribution in [3.8, 4) is 0 Å². The minimum Gasteiger partial charge on any atom is -0.376 e. The Morgan fingerprint density at radius 1 is 1.58 bits per heavy atom. The van der Waals surface area contributed by atoms with Crippen LogP contribution in [0.2, 0.25) is 0 Å². The van der Waals surface area contributed by atoms with Crippen molar-refractivity contribution in [2.45, 2.75) is 6.10 Å². The van der Waals surface area contributed by atoms with Crippen LogP contribution in [0.4, 0.5) is 4.39 Å². The van der Waals surface area contributed by atoms with Crippen LogP contribution in [-0.2, 0) is 4.74 Å². The Bertz CT molecular complexity index is 248. The van der Waals surface area contributed by atoms with E-state index < -0.39 is 0 Å². The summed E-state index contributed by atoms with van der Waals surface area (Å²) in [4.78, 5) is 0. The molecule has 1 aromatic rings. The summed E-state index contributed by atoms with van der Waals surface area (Å²) >= 11 is 3.29. The van der Waals surface area contributed by atoms with Gasteiger partial charge >= 0.3 is 0 Å². The molecular weight excluding hydrogens is 223 g/mol. The molecule has 0 bridgehead atoms. The van der Waals surface area contributed by atoms with E-state index in [4.69, 9.17) is 4.74 Å². The maximum atomic E-state index is 12.7. The molecule has 0 aromatic heterocycles. The van der Waals surface area contributed by atoms with E-state index in [2.05, 4.69) is 15.9 Å². The molecule has 66 valence electrons. The third-order valence-corrected chi connectivity index (χ3v) is 2.23. The first-order valence-corrected chi connectivity index (χ1v) is 4.74. The summed E-state index contributed by atoms with van der Waals surface area (Å²) in [5.74, 6) is -0.226. The van der Waals surface area contributed by atoms with Gasteiger partial charge in [0.1, 0.15) is 5.82 Å². The molecule has 0 aliphatic rings. The summed E-state index contributed by atoms with van der Waals surface area (Å²) in [6.45, 7) is 0. The average molecular weight is 233 g/mol. The van der Waals surface area contributed by atoms with E-state index in [1.807, 2.05) is 6.07 Å². The highest BCUT2D eigenvalue weighted by molar-refractivity contribution is 9.09. The van der Waals surface area contributed by atoms with E-state index in [0.29, 0.717) is 5.33 Å². The highest BCUT2D eigenvalue weighted by Crippen LogP contribution is 2.19. The molecule has 1 atom stereocenters. The maximum Gasteiger partial charge on any atom is 0.123 e. The number of halogens is 2. The standard InChI is InChI=1S/C9H10BrFO/c1-12-9(6-10)7-3-2-4-8(11)5-7/h2-5,9H,6H2,1H3. The topological polar surface area (TPSA) is 9.23 Å². The van der Waals surface area contributed by atoms with Crippen molar-refractivity contribution in [1.29, 1.82) is 0 Å². The maximum absolute atomic E-state index is 12.7. The van der Waals surface area contributed by atoms with Crippen molar-refractivity contribution in [1.82, 2.24) is 0 Å². The Kier molecular flexibility index (Phi) is 3.69. The summed E-state index contributed by atoms with van der Waals surface area (Å²) < 4.78 is 17.9. The fourth-order valence-corrected chi connectivity index (χ4v) is 1.63. The van der Waals surface area contributed by atoms with Gasteiger partial charge in [0.25, 0.3) is 0 Å². The SMILES string of the molecule is COC(CBr)c1cccc(F)c1. The molecule has 0 saturated heterocycles. The molecule has 0 radical (unpaired) electrons. The van der Waals surface area contributed by atoms with Crippen LogP contribution in [0.25, 0.3) is 0 Å². The van der Waals surface area contributed by atoms with Gasteiger partial charge in [0.05, 0.1) is 6.10 Å². The van der Waals surface area contributed by atoms with Gasteiger partial charge < -0.3 is 4.74 Å². The van der Waals surface area contributed by atoms with Gasteiger partial charge in [-0.1, -0.05) is 28.1 Å². The first-order chi connectivity index (χ1) is 5.77. The number of alkyl halides is 1. The molecule has 0 spiro atoms. The van der Waals surface area contributed by atoms with Crippen molar-refractivity contribution in [2.24, 2.45) is 0 Å². The van der Waals surface area contributed by atoms with E-state index in [0.717, 1.165) is 5.56 Å². The molecule has 1 nitrogen and oxygen atoms in total. The highest BCUT2D eigenvalue weighted by Gasteiger charge is 2.08. The Hall–Kier alpha value is -0.410. The number of hydrogen-bond acceptors (Lipinski definition) is 1. The molecule has 0 N–H and O–H groups in total. The molecule has 1 aromatic carbocycles. The quantitative estimate of drug-likeness (QED) is 0.729. The van der Waals surface area contributed by atoms with Gasteiger partial charge in [0.2, 0.25) is 0 Å². The molecule has 0 aliphatic carbocycles. The lowest BCUT2D eigenvalue weighted by Crippen LogP contribution is -2.02. The number of rotatable bonds is 3. The normalized spacial score (nSPS) is 12.9. The summed E-state index contributed by atoms with van der Waals surface area (Å²) in [5.41, 5.74) is 0.856. The van der Waals surface area contributed by atoms with Gasteiger partial charge in [-0.2, -0.15) is 0 Å². The minimum absolute atomic E-state index is 0.0688. The number of benzene rings is 1. The summed E-state index contributed by atoms with van der Waals surface area (Å²) in [6.07, 6.45) is -0.0688. The molecule has 0 heterocycles. The predicted molar refractivity (Wildman–Crippen MR) is 49.9 cm³/mol. The van der Waals surface area contributed by atoms with Gasteiger partial charge in [0, 0.05) is 12.4 Å². The van der Waals surface area contributed by atoms with E-state index in [1.165, 1.54) is 12.1 Å². The Morgan fingerprint density at radius 3 is 2.83 bits per heavy atom. The molecular formula is C9H10BrFO. The van der Waals surface area contributed by atoms with Crippen molar-refractivity contribution in [3.63, 3.8) is 0 Å². The van der Waals surface area contributed by atoms with Gasteiger partial charge in [-0.05, 0) is 17.7 Å². The fourth-order valence-electron chi connectivity index (χ4n) is 0.995. The third kappa shape index (κ3) is 2.29. The predicted octanol–water partition coefficient (Wildman–Crippen LogP) is 2.91. The number of ether oxygens (including phenoxy) is 1. The second-order valence-electron chi connectivity index (χ2n) is 2.43. The summed E-state index contributed by atoms with van der Waals surface area (Å²) in [7, 11) is 1.61. The Labute approximate surface area is 79.7 Å². The Morgan fingerprint density at radius 2 is 2.33 bits per heavy atom. The third-order valence-electron chi connectivity index (χ3n) is 1.65. The minimum atomic E-state index is -0.226. The summed E-state index contributed by atoms with van der Waals surface area (Å²) in [6, 6.07) is 6.43. The molecule has 0 amide bonds. The van der Waals surface area contributed by atoms with Gasteiger partial charge in [-0.3, -0.25) is 0 Å². The largest absolute Gasteiger partial charge is 0.376 e. The van der Waals surface area contributed by atoms with E-state index >= 15 is 0 Å². The van der Waals surface area contributed by atoms with Crippen molar-refractivity contribution >= 4 is 15.9 Å². The fraction of sp³-hybridized carbons (Fsp3) is 0.333. The van der Waals surface area contributed by atoms with Crippen LogP contribution in [-0.4, -0.2) is 12.4 Å². The van der Waals surface area contributed by atoms with E-state index in [1.54, 1.807) is 13.2 Å². The molecule has 0 saturated carbocycles. The van der Waals surface area contributed by atoms with Crippen LogP contribution < -0.4 is 0 Å². The van der Waals surface area contributed by atoms with Crippen molar-refractivity contribution in [2.75, 3.05) is 12.4 Å². The second-order valence-corrected chi connectivity index (χ2v) is 3.08. The van der Waals surface area contributed by atoms with Crippen molar-refractivity contribution < 1.29 is 9.13 Å². The number of methoxy groups -OCH3 is 1. The van der Waals surface area contributed by atoms with Crippen LogP contribution in [0, 0.1) is 5.82 Å². The first-order valence-electron chi connectivity index (χ1n) is 3.62. The summed E-state index contributed by atoms with van der Waals surface area (Å²) in [5, 5.41) is 0.674. The van der Waals surface area contributed by atoms with Crippen LogP contribution >= 0.6 is 15.9 Å². The molecule has 1 rings (SSSR count). The zero-order valence-corrected chi connectivity index (χ0v) is 8.34. The van der Waals surface area contributed by atoms with Crippen LogP contribution in [0.15, 0.2) is 24.3 Å². The lowest BCUT2D eigenvalue weighted by Gasteiger charge is -2.11. The average Bonchev–Trinajstić information content (AvgIpc) is 2.07. The molecule has 3 heteroatoms. The molecule has 1 unspecified atom stereocenters. The molecule has 0 aliphatic heterocycles. The van der Waals surface area contributed by atoms with Gasteiger partial charge in [-0.15, -0.1) is 0 Å². The first kappa shape index (κ1) is 9.68. The molecule has 12 heavy (non-hydrogen) atoms. The van der Waals surface area contributed by atoms with Crippen LogP contribution in [0.5, 0.6) is 0 Å². The van der Waals surface area contributed by atoms with Crippen LogP contribution in [0.3, 0.4) is 0 Å². The van der Waals surface area contributed by atoms with Crippen LogP contribution in [0.1, 0.15) is 11.7 Å². The smallest absolute Gasteiger partial charge is 0.123 e. The lowest BCUT2D eigenvalue weighted by molar-refractivity contribution is 0.124. The monoisotopic (exact) mass is 232 g/mol. The second kappa shape index (κ2) is 4.58. The number of hydrogen-bond donors (Lipinski definition) is 0. The van der Waals surface area contributed by atoms with Gasteiger partial charge in [-0.25, -0.2) is 4.39 Å². The zero-order valence-electron chi connectivity index (χ0n) is 6.76. The Balaban J connectivity index is 2.85. The van der Waals surface area contributed by atoms with E-state index in [9.17, 15) is 4.39 Å². The molecule has 0 fully saturated rings. The van der Waals surface area contributed by atoms with Crippen molar-refractivity contribution in [3.05, 3.63) is 35.6 Å². The zero-order chi connectivity index (χ0) is 8.97. The van der Waals surface area contributed by atoms with E-state index in [-0.39, 0.29) is 11.9 Å².